The highest BCUT2D eigenvalue weighted by molar-refractivity contribution is 7.88. The van der Waals surface area contributed by atoms with E-state index in [1.54, 1.807) is 0 Å². The molecular weight excluding hydrogens is 173 g/mol. The largest absolute Gasteiger partial charge is 0.219 e. The highest BCUT2D eigenvalue weighted by atomic mass is 32.2. The van der Waals surface area contributed by atoms with Crippen LogP contribution >= 0.6 is 0 Å². The molecule has 3 radical (unpaired) electrons. The summed E-state index contributed by atoms with van der Waals surface area (Å²) in [6, 6.07) is 0. The maximum atomic E-state index is 9.89. The van der Waals surface area contributed by atoms with Gasteiger partial charge in [-0.3, -0.25) is 0 Å². The normalized spacial score (nSPS) is 6.83. The molecule has 0 atom stereocenters. The number of hydrogen-bond acceptors (Lipinski definition) is 2. The highest BCUT2D eigenvalue weighted by Gasteiger charge is 1.88. The van der Waals surface area contributed by atoms with Crippen molar-refractivity contribution < 1.29 is 8.42 Å². The highest BCUT2D eigenvalue weighted by Crippen LogP contribution is 1.62. The molecule has 3 nitrogen and oxygen atoms in total. The summed E-state index contributed by atoms with van der Waals surface area (Å²) in [7, 11) is -1.54. The first-order valence-corrected chi connectivity index (χ1v) is 5.34. The summed E-state index contributed by atoms with van der Waals surface area (Å²) in [5.74, 6) is 0. The van der Waals surface area contributed by atoms with Crippen molar-refractivity contribution in [1.82, 2.24) is 4.72 Å². The minimum absolute atomic E-state index is 0. The van der Waals surface area contributed by atoms with Crippen LogP contribution in [-0.2, 0) is 10.0 Å². The molecule has 0 heterocycles. The van der Waals surface area contributed by atoms with Crippen molar-refractivity contribution in [3.05, 3.63) is 0 Å². The van der Waals surface area contributed by atoms with Gasteiger partial charge in [0.2, 0.25) is 10.0 Å². The molecule has 0 unspecified atom stereocenters. The van der Waals surface area contributed by atoms with Gasteiger partial charge >= 0.3 is 0 Å². The maximum absolute atomic E-state index is 9.89. The van der Waals surface area contributed by atoms with E-state index in [0.717, 1.165) is 6.26 Å². The molecule has 0 rings (SSSR count). The Kier molecular flexibility index (Phi) is 55.5. The molecule has 0 aliphatic rings. The quantitative estimate of drug-likeness (QED) is 0.645. The van der Waals surface area contributed by atoms with Gasteiger partial charge in [-0.15, -0.1) is 0 Å². The van der Waals surface area contributed by atoms with Crippen molar-refractivity contribution in [3.63, 3.8) is 0 Å². The minimum atomic E-state index is -2.91. The Bertz CT molecular complexity index is 123. The first-order chi connectivity index (χ1) is 4.56. The van der Waals surface area contributed by atoms with Crippen molar-refractivity contribution in [1.29, 1.82) is 0 Å². The number of rotatable bonds is 1. The van der Waals surface area contributed by atoms with Gasteiger partial charge in [-0.1, -0.05) is 35.1 Å². The van der Waals surface area contributed by atoms with E-state index in [1.165, 1.54) is 7.05 Å². The third-order valence-electron chi connectivity index (χ3n) is 0.371. The van der Waals surface area contributed by atoms with E-state index < -0.39 is 10.0 Å². The molecule has 0 saturated heterocycles. The van der Waals surface area contributed by atoms with Crippen LogP contribution in [0.25, 0.3) is 0 Å². The monoisotopic (exact) mass is 196 g/mol. The number of nitrogens with one attached hydrogen (secondary N) is 1. The first kappa shape index (κ1) is 29.6. The Morgan fingerprint density at radius 1 is 1.00 bits per heavy atom. The summed E-state index contributed by atoms with van der Waals surface area (Å²) < 4.78 is 21.9. The van der Waals surface area contributed by atoms with Crippen LogP contribution in [0, 0.1) is 0 Å². The van der Waals surface area contributed by atoms with Crippen molar-refractivity contribution in [2.24, 2.45) is 0 Å². The van der Waals surface area contributed by atoms with Crippen LogP contribution in [0.5, 0.6) is 0 Å². The summed E-state index contributed by atoms with van der Waals surface area (Å²) in [5.41, 5.74) is 0. The SMILES string of the molecule is C.CC.CC.CNS(C)(=O)=O.[B]. The van der Waals surface area contributed by atoms with Crippen LogP contribution in [0.1, 0.15) is 35.1 Å². The zero-order valence-electron chi connectivity index (χ0n) is 8.30. The summed E-state index contributed by atoms with van der Waals surface area (Å²) in [6.07, 6.45) is 1.10. The third kappa shape index (κ3) is 90.8. The van der Waals surface area contributed by atoms with Crippen molar-refractivity contribution >= 4 is 18.4 Å². The lowest BCUT2D eigenvalue weighted by Crippen LogP contribution is -2.15. The van der Waals surface area contributed by atoms with Gasteiger partial charge in [0.25, 0.3) is 0 Å². The summed E-state index contributed by atoms with van der Waals surface area (Å²) in [6.45, 7) is 8.00. The van der Waals surface area contributed by atoms with Crippen molar-refractivity contribution in [2.75, 3.05) is 13.3 Å². The Morgan fingerprint density at radius 3 is 1.08 bits per heavy atom. The van der Waals surface area contributed by atoms with Gasteiger partial charge in [0.1, 0.15) is 0 Å². The van der Waals surface area contributed by atoms with Crippen molar-refractivity contribution in [3.8, 4) is 0 Å². The molecule has 0 saturated carbocycles. The summed E-state index contributed by atoms with van der Waals surface area (Å²) >= 11 is 0. The fourth-order valence-corrected chi connectivity index (χ4v) is 0. The van der Waals surface area contributed by atoms with Gasteiger partial charge in [0.15, 0.2) is 0 Å². The standard InChI is InChI=1S/C2H7NO2S.2C2H6.CH4.B/c1-3-6(2,4)5;2*1-2;;/h3H,1-2H3;2*1-2H3;1H4;. The second kappa shape index (κ2) is 22.4. The van der Waals surface area contributed by atoms with Crippen LogP contribution in [0.4, 0.5) is 0 Å². The van der Waals surface area contributed by atoms with Gasteiger partial charge < -0.3 is 0 Å². The summed E-state index contributed by atoms with van der Waals surface area (Å²) in [5, 5.41) is 0. The Hall–Kier alpha value is -0.0251. The van der Waals surface area contributed by atoms with E-state index >= 15 is 0 Å². The predicted octanol–water partition coefficient (Wildman–Crippen LogP) is 1.47. The van der Waals surface area contributed by atoms with Gasteiger partial charge in [0, 0.05) is 8.41 Å². The molecule has 0 aliphatic carbocycles. The fraction of sp³-hybridized carbons (Fsp3) is 1.00. The number of sulfonamides is 1. The molecule has 12 heavy (non-hydrogen) atoms. The van der Waals surface area contributed by atoms with Crippen molar-refractivity contribution in [2.45, 2.75) is 35.1 Å². The lowest BCUT2D eigenvalue weighted by Gasteiger charge is -1.85. The van der Waals surface area contributed by atoms with E-state index in [0.29, 0.717) is 0 Å². The summed E-state index contributed by atoms with van der Waals surface area (Å²) in [4.78, 5) is 0. The molecule has 0 bridgehead atoms. The van der Waals surface area contributed by atoms with E-state index in [4.69, 9.17) is 0 Å². The second-order valence-corrected chi connectivity index (χ2v) is 2.93. The second-order valence-electron chi connectivity index (χ2n) is 0.976. The van der Waals surface area contributed by atoms with Crippen LogP contribution in [0.3, 0.4) is 0 Å². The van der Waals surface area contributed by atoms with Crippen LogP contribution in [0.2, 0.25) is 0 Å². The van der Waals surface area contributed by atoms with E-state index in [-0.39, 0.29) is 15.8 Å². The third-order valence-corrected chi connectivity index (χ3v) is 1.11. The number of hydrogen-bond donors (Lipinski definition) is 1. The molecule has 0 aromatic rings. The molecule has 0 amide bonds. The van der Waals surface area contributed by atoms with Gasteiger partial charge in [-0.05, 0) is 7.05 Å². The average Bonchev–Trinajstić information content (AvgIpc) is 1.95. The lowest BCUT2D eigenvalue weighted by molar-refractivity contribution is 0.594. The molecule has 0 spiro atoms. The molecule has 0 fully saturated rings. The molecule has 0 aromatic carbocycles. The first-order valence-electron chi connectivity index (χ1n) is 3.45. The van der Waals surface area contributed by atoms with Crippen LogP contribution < -0.4 is 4.72 Å². The topological polar surface area (TPSA) is 46.2 Å². The molecule has 1 N–H and O–H groups in total. The van der Waals surface area contributed by atoms with Gasteiger partial charge in [0.05, 0.1) is 6.26 Å². The van der Waals surface area contributed by atoms with Crippen LogP contribution in [0.15, 0.2) is 0 Å². The average molecular weight is 196 g/mol. The zero-order chi connectivity index (χ0) is 9.21. The molecule has 5 heteroatoms. The van der Waals surface area contributed by atoms with Gasteiger partial charge in [-0.2, -0.15) is 0 Å². The van der Waals surface area contributed by atoms with E-state index in [9.17, 15) is 8.42 Å². The van der Waals surface area contributed by atoms with E-state index in [1.807, 2.05) is 27.7 Å². The minimum Gasteiger partial charge on any atom is -0.219 e. The molecular formula is C7H23BNO2S. The van der Waals surface area contributed by atoms with Gasteiger partial charge in [-0.25, -0.2) is 13.1 Å². The molecule has 77 valence electrons. The smallest absolute Gasteiger partial charge is 0.208 e. The lowest BCUT2D eigenvalue weighted by atomic mass is 10.8. The Balaban J connectivity index is -0.0000000241. The molecule has 0 aromatic heterocycles. The molecule has 0 aliphatic heterocycles. The fourth-order valence-electron chi connectivity index (χ4n) is 0. The van der Waals surface area contributed by atoms with Crippen LogP contribution in [-0.4, -0.2) is 30.1 Å². The Morgan fingerprint density at radius 2 is 1.08 bits per heavy atom. The Labute approximate surface area is 80.6 Å². The predicted molar refractivity (Wildman–Crippen MR) is 59.1 cm³/mol. The maximum Gasteiger partial charge on any atom is 0.208 e. The van der Waals surface area contributed by atoms with E-state index in [2.05, 4.69) is 4.72 Å². The zero-order valence-corrected chi connectivity index (χ0v) is 9.12.